The summed E-state index contributed by atoms with van der Waals surface area (Å²) >= 11 is 0. The molecule has 0 unspecified atom stereocenters. The van der Waals surface area contributed by atoms with Crippen LogP contribution in [-0.2, 0) is 9.22 Å². The van der Waals surface area contributed by atoms with Crippen molar-refractivity contribution in [3.05, 3.63) is 0 Å². The maximum absolute atomic E-state index is 9.63. The van der Waals surface area contributed by atoms with Crippen LogP contribution in [0.2, 0.25) is 6.04 Å². The summed E-state index contributed by atoms with van der Waals surface area (Å²) in [6.45, 7) is 4.69. The zero-order valence-electron chi connectivity index (χ0n) is 7.17. The van der Waals surface area contributed by atoms with Gasteiger partial charge in [-0.1, -0.05) is 0 Å². The van der Waals surface area contributed by atoms with Crippen LogP contribution in [0.5, 0.6) is 0 Å². The smallest absolute Gasteiger partial charge is 0.234 e. The molecule has 64 valence electrons. The summed E-state index contributed by atoms with van der Waals surface area (Å²) in [5.41, 5.74) is 0. The quantitative estimate of drug-likeness (QED) is 0.256. The van der Waals surface area contributed by atoms with Crippen molar-refractivity contribution in [2.45, 2.75) is 32.4 Å². The Hall–Kier alpha value is -0.443. The Morgan fingerprint density at radius 2 is 2.36 bits per heavy atom. The van der Waals surface area contributed by atoms with Crippen molar-refractivity contribution in [1.29, 1.82) is 0 Å². The van der Waals surface area contributed by atoms with Crippen LogP contribution in [-0.4, -0.2) is 28.5 Å². The maximum Gasteiger partial charge on any atom is 0.234 e. The summed E-state index contributed by atoms with van der Waals surface area (Å²) in [7, 11) is -0.354. The normalized spacial score (nSPS) is 10.8. The van der Waals surface area contributed by atoms with Gasteiger partial charge in [0.2, 0.25) is 6.08 Å². The third-order valence-electron chi connectivity index (χ3n) is 1.18. The zero-order valence-corrected chi connectivity index (χ0v) is 8.58. The van der Waals surface area contributed by atoms with Gasteiger partial charge in [0.15, 0.2) is 9.76 Å². The number of hydrogen-bond acceptors (Lipinski definition) is 3. The molecule has 0 bridgehead atoms. The van der Waals surface area contributed by atoms with Crippen LogP contribution < -0.4 is 0 Å². The lowest BCUT2D eigenvalue weighted by molar-refractivity contribution is 0.255. The van der Waals surface area contributed by atoms with Crippen LogP contribution >= 0.6 is 0 Å². The Morgan fingerprint density at radius 3 is 2.91 bits per heavy atom. The topological polar surface area (TPSA) is 38.7 Å². The molecule has 3 nitrogen and oxygen atoms in total. The maximum atomic E-state index is 9.63. The highest BCUT2D eigenvalue weighted by molar-refractivity contribution is 6.27. The van der Waals surface area contributed by atoms with Gasteiger partial charge in [-0.05, 0) is 26.3 Å². The zero-order chi connectivity index (χ0) is 8.53. The minimum Gasteiger partial charge on any atom is -0.422 e. The molecule has 4 heteroatoms. The third-order valence-corrected chi connectivity index (χ3v) is 2.87. The van der Waals surface area contributed by atoms with Gasteiger partial charge < -0.3 is 4.43 Å². The molecule has 0 aromatic heterocycles. The Balaban J connectivity index is 2.96. The molecule has 0 N–H and O–H groups in total. The largest absolute Gasteiger partial charge is 0.422 e. The molecular weight excluding hydrogens is 158 g/mol. The van der Waals surface area contributed by atoms with Gasteiger partial charge in [-0.25, -0.2) is 9.79 Å². The van der Waals surface area contributed by atoms with Crippen molar-refractivity contribution in [3.8, 4) is 0 Å². The fourth-order valence-electron chi connectivity index (χ4n) is 0.658. The van der Waals surface area contributed by atoms with E-state index >= 15 is 0 Å². The predicted octanol–water partition coefficient (Wildman–Crippen LogP) is 0.639. The van der Waals surface area contributed by atoms with Crippen LogP contribution in [0.1, 0.15) is 20.3 Å². The molecule has 0 spiro atoms. The van der Waals surface area contributed by atoms with Gasteiger partial charge in [0.1, 0.15) is 0 Å². The fraction of sp³-hybridized carbons (Fsp3) is 0.857. The number of rotatable bonds is 6. The lowest BCUT2D eigenvalue weighted by atomic mass is 10.5. The lowest BCUT2D eigenvalue weighted by Gasteiger charge is -2.05. The molecule has 0 aliphatic heterocycles. The van der Waals surface area contributed by atoms with Crippen molar-refractivity contribution < 1.29 is 9.22 Å². The van der Waals surface area contributed by atoms with E-state index in [0.717, 1.165) is 12.5 Å². The first-order valence-corrected chi connectivity index (χ1v) is 5.50. The van der Waals surface area contributed by atoms with Crippen LogP contribution in [0.15, 0.2) is 4.99 Å². The van der Waals surface area contributed by atoms with Crippen LogP contribution in [0.25, 0.3) is 0 Å². The Kier molecular flexibility index (Phi) is 7.35. The molecule has 0 aliphatic rings. The van der Waals surface area contributed by atoms with Gasteiger partial charge >= 0.3 is 0 Å². The Morgan fingerprint density at radius 1 is 1.64 bits per heavy atom. The average Bonchev–Trinajstić information content (AvgIpc) is 1.96. The van der Waals surface area contributed by atoms with E-state index in [0.29, 0.717) is 12.6 Å². The van der Waals surface area contributed by atoms with E-state index in [-0.39, 0.29) is 9.76 Å². The van der Waals surface area contributed by atoms with E-state index in [1.165, 1.54) is 6.08 Å². The molecule has 0 saturated carbocycles. The summed E-state index contributed by atoms with van der Waals surface area (Å²) in [5.74, 6) is 0. The van der Waals surface area contributed by atoms with Gasteiger partial charge in [-0.3, -0.25) is 0 Å². The number of hydrogen-bond donors (Lipinski definition) is 0. The molecule has 0 heterocycles. The number of aliphatic imine (C=N–C) groups is 1. The van der Waals surface area contributed by atoms with Gasteiger partial charge in [0.05, 0.1) is 6.54 Å². The van der Waals surface area contributed by atoms with Crippen molar-refractivity contribution >= 4 is 15.8 Å². The van der Waals surface area contributed by atoms with Gasteiger partial charge in [0, 0.05) is 6.10 Å². The number of isocyanates is 1. The fourth-order valence-corrected chi connectivity index (χ4v) is 1.72. The Labute approximate surface area is 69.8 Å². The molecule has 0 aromatic rings. The second-order valence-electron chi connectivity index (χ2n) is 2.60. The van der Waals surface area contributed by atoms with Crippen LogP contribution in [0.3, 0.4) is 0 Å². The summed E-state index contributed by atoms with van der Waals surface area (Å²) in [6.07, 6.45) is 2.84. The molecular formula is C7H15NO2Si. The highest BCUT2D eigenvalue weighted by atomic mass is 28.2. The molecule has 0 fully saturated rings. The number of nitrogens with zero attached hydrogens (tertiary/aromatic N) is 1. The third kappa shape index (κ3) is 9.56. The van der Waals surface area contributed by atoms with Crippen LogP contribution in [0.4, 0.5) is 0 Å². The summed E-state index contributed by atoms with van der Waals surface area (Å²) < 4.78 is 5.42. The number of carbonyl (C=O) groups excluding carboxylic acids is 1. The van der Waals surface area contributed by atoms with Crippen molar-refractivity contribution in [1.82, 2.24) is 0 Å². The Bertz CT molecular complexity index is 132. The summed E-state index contributed by atoms with van der Waals surface area (Å²) in [6, 6.07) is 1.10. The van der Waals surface area contributed by atoms with E-state index in [1.807, 2.05) is 13.8 Å². The minimum atomic E-state index is -0.354. The second kappa shape index (κ2) is 7.66. The molecule has 0 aliphatic carbocycles. The van der Waals surface area contributed by atoms with Crippen molar-refractivity contribution in [2.24, 2.45) is 4.99 Å². The van der Waals surface area contributed by atoms with Gasteiger partial charge in [-0.2, -0.15) is 0 Å². The molecule has 0 saturated heterocycles. The van der Waals surface area contributed by atoms with Gasteiger partial charge in [0.25, 0.3) is 0 Å². The summed E-state index contributed by atoms with van der Waals surface area (Å²) in [4.78, 5) is 13.1. The molecule has 0 atom stereocenters. The first-order valence-electron chi connectivity index (χ1n) is 3.92. The highest BCUT2D eigenvalue weighted by Crippen LogP contribution is 1.92. The van der Waals surface area contributed by atoms with Crippen LogP contribution in [0, 0.1) is 0 Å². The second-order valence-corrected chi connectivity index (χ2v) is 4.05. The molecule has 11 heavy (non-hydrogen) atoms. The average molecular weight is 173 g/mol. The van der Waals surface area contributed by atoms with Crippen molar-refractivity contribution in [2.75, 3.05) is 6.54 Å². The standard InChI is InChI=1S/C7H15NO2Si/c1-7(2)10-11-5-3-4-8-6-9/h7H,3-5,11H2,1-2H3. The van der Waals surface area contributed by atoms with E-state index in [4.69, 9.17) is 4.43 Å². The highest BCUT2D eigenvalue weighted by Gasteiger charge is 1.92. The van der Waals surface area contributed by atoms with E-state index in [1.54, 1.807) is 0 Å². The first kappa shape index (κ1) is 10.6. The van der Waals surface area contributed by atoms with Crippen molar-refractivity contribution in [3.63, 3.8) is 0 Å². The minimum absolute atomic E-state index is 0.354. The van der Waals surface area contributed by atoms with E-state index < -0.39 is 0 Å². The lowest BCUT2D eigenvalue weighted by Crippen LogP contribution is -2.06. The van der Waals surface area contributed by atoms with E-state index in [9.17, 15) is 4.79 Å². The SMILES string of the molecule is CC(C)O[SiH2]CCCN=C=O. The molecule has 0 amide bonds. The van der Waals surface area contributed by atoms with Gasteiger partial charge in [-0.15, -0.1) is 0 Å². The molecule has 0 rings (SSSR count). The molecule has 0 radical (unpaired) electrons. The van der Waals surface area contributed by atoms with E-state index in [2.05, 4.69) is 4.99 Å². The molecule has 0 aromatic carbocycles. The summed E-state index contributed by atoms with van der Waals surface area (Å²) in [5, 5.41) is 0. The predicted molar refractivity (Wildman–Crippen MR) is 47.2 cm³/mol. The monoisotopic (exact) mass is 173 g/mol. The first-order chi connectivity index (χ1) is 5.27.